The number of aromatic nitrogens is 6. The molecule has 6 aromatic rings. The molecule has 1 atom stereocenters. The molecule has 3 N–H and O–H groups in total. The van der Waals surface area contributed by atoms with Crippen molar-refractivity contribution in [2.24, 2.45) is 4.99 Å². The van der Waals surface area contributed by atoms with Crippen LogP contribution in [0.25, 0.3) is 0 Å². The van der Waals surface area contributed by atoms with Gasteiger partial charge in [0.25, 0.3) is 11.1 Å². The highest BCUT2D eigenvalue weighted by Crippen LogP contribution is 2.26. The van der Waals surface area contributed by atoms with Gasteiger partial charge in [-0.15, -0.1) is 0 Å². The van der Waals surface area contributed by atoms with E-state index >= 15 is 0 Å². The first-order valence-electron chi connectivity index (χ1n) is 16.3. The molecule has 4 heterocycles. The van der Waals surface area contributed by atoms with Crippen LogP contribution in [-0.4, -0.2) is 45.7 Å². The first-order chi connectivity index (χ1) is 27.6. The minimum Gasteiger partial charge on any atom is -0.367 e. The van der Waals surface area contributed by atoms with Crippen LogP contribution in [-0.2, 0) is 13.1 Å². The van der Waals surface area contributed by atoms with E-state index in [1.165, 1.54) is 18.6 Å². The Hall–Kier alpha value is -3.92. The molecule has 0 fully saturated rings. The molecule has 0 bridgehead atoms. The molecule has 0 saturated heterocycles. The quantitative estimate of drug-likeness (QED) is 0.0842. The highest BCUT2D eigenvalue weighted by Gasteiger charge is 2.12. The van der Waals surface area contributed by atoms with E-state index < -0.39 is 17.3 Å². The molecular formula is C37H28Cl9N9O3. The Morgan fingerprint density at radius 3 is 1.81 bits per heavy atom. The zero-order valence-corrected chi connectivity index (χ0v) is 36.4. The third kappa shape index (κ3) is 14.7. The summed E-state index contributed by atoms with van der Waals surface area (Å²) in [7, 11) is 0. The second kappa shape index (κ2) is 23.0. The normalized spacial score (nSPS) is 12.8. The second-order valence-electron chi connectivity index (χ2n) is 11.4. The lowest BCUT2D eigenvalue weighted by molar-refractivity contribution is 0.227. The first kappa shape index (κ1) is 46.8. The van der Waals surface area contributed by atoms with Gasteiger partial charge >= 0.3 is 0 Å². The summed E-state index contributed by atoms with van der Waals surface area (Å²) < 4.78 is 3.43. The van der Waals surface area contributed by atoms with E-state index in [-0.39, 0.29) is 36.1 Å². The third-order valence-corrected chi connectivity index (χ3v) is 9.83. The van der Waals surface area contributed by atoms with Crippen LogP contribution in [0.5, 0.6) is 0 Å². The monoisotopic (exact) mass is 961 g/mol. The van der Waals surface area contributed by atoms with Gasteiger partial charge in [0.2, 0.25) is 16.5 Å². The molecule has 0 amide bonds. The van der Waals surface area contributed by atoms with Crippen LogP contribution in [0, 0.1) is 6.92 Å². The van der Waals surface area contributed by atoms with Crippen molar-refractivity contribution in [1.29, 1.82) is 0 Å². The van der Waals surface area contributed by atoms with Gasteiger partial charge in [0.1, 0.15) is 10.0 Å². The Balaban J connectivity index is 0.000000187. The molecule has 0 spiro atoms. The lowest BCUT2D eigenvalue weighted by Gasteiger charge is -2.16. The minimum atomic E-state index is -1.000. The Morgan fingerprint density at radius 2 is 1.26 bits per heavy atom. The van der Waals surface area contributed by atoms with Crippen LogP contribution < -0.4 is 21.8 Å². The summed E-state index contributed by atoms with van der Waals surface area (Å²) in [5, 5.41) is 16.4. The van der Waals surface area contributed by atoms with Gasteiger partial charge in [0, 0.05) is 35.8 Å². The zero-order valence-electron chi connectivity index (χ0n) is 29.6. The number of aliphatic imine (C=N–C) groups is 1. The van der Waals surface area contributed by atoms with Gasteiger partial charge < -0.3 is 24.9 Å². The molecule has 1 aliphatic heterocycles. The molecule has 302 valence electrons. The summed E-state index contributed by atoms with van der Waals surface area (Å²) in [6, 6.07) is 25.1. The third-order valence-electron chi connectivity index (χ3n) is 7.25. The molecule has 7 rings (SSSR count). The Morgan fingerprint density at radius 1 is 0.690 bits per heavy atom. The smallest absolute Gasteiger partial charge is 0.293 e. The number of nitrogens with zero attached hydrogens (tertiary/aromatic N) is 7. The van der Waals surface area contributed by atoms with Crippen LogP contribution in [0.2, 0.25) is 35.8 Å². The van der Waals surface area contributed by atoms with Crippen molar-refractivity contribution in [2.45, 2.75) is 26.2 Å². The number of benzene rings is 3. The van der Waals surface area contributed by atoms with Crippen molar-refractivity contribution in [3.8, 4) is 0 Å². The lowest BCUT2D eigenvalue weighted by atomic mass is 10.2. The molecule has 1 unspecified atom stereocenters. The summed E-state index contributed by atoms with van der Waals surface area (Å²) in [6.45, 7) is 2.97. The predicted octanol–water partition coefficient (Wildman–Crippen LogP) is 10.3. The second-order valence-corrected chi connectivity index (χ2v) is 14.8. The van der Waals surface area contributed by atoms with Gasteiger partial charge in [-0.1, -0.05) is 136 Å². The van der Waals surface area contributed by atoms with Crippen LogP contribution in [0.15, 0.2) is 123 Å². The summed E-state index contributed by atoms with van der Waals surface area (Å²) in [5.74, 6) is 0.415. The van der Waals surface area contributed by atoms with Gasteiger partial charge in [-0.25, -0.2) is 15.0 Å². The number of hydrogen-bond donors (Lipinski definition) is 3. The largest absolute Gasteiger partial charge is 0.367 e. The molecule has 3 aromatic carbocycles. The van der Waals surface area contributed by atoms with E-state index in [9.17, 15) is 9.59 Å². The zero-order chi connectivity index (χ0) is 42.4. The van der Waals surface area contributed by atoms with Crippen LogP contribution >= 0.6 is 104 Å². The standard InChI is InChI=1S/C18H15Cl2N3O.C11H8Cl2N2O.C4HCl3N2.C4H4Cl2N2O/c1-12-14(19)8-5-9-16(12)21-18-22-17(24)15(20)11-23(18)10-13-6-3-2-4-7-13;12-9-7-15(11(13)14-10(9)16)6-8-4-2-1-3-5-8;5-2-1-8-4(7)9-3(2)6;5-2-1-7-4(6)8-3(2)9/h2-9,11H,10H2,1H3,(H,21,22,24);1-5,7H,6H2;1H;1,3,9H,(H,7,8). The van der Waals surface area contributed by atoms with Gasteiger partial charge in [0.15, 0.2) is 16.7 Å². The highest BCUT2D eigenvalue weighted by atomic mass is 35.5. The number of nitrogens with one attached hydrogen (secondary N) is 2. The topological polar surface area (TPSA) is 152 Å². The van der Waals surface area contributed by atoms with E-state index in [0.29, 0.717) is 29.1 Å². The lowest BCUT2D eigenvalue weighted by Crippen LogP contribution is -2.21. The number of aliphatic hydroxyl groups excluding tert-OH is 1. The molecular weight excluding hydrogens is 938 g/mol. The number of halogens is 9. The summed E-state index contributed by atoms with van der Waals surface area (Å²) >= 11 is 50.7. The van der Waals surface area contributed by atoms with Crippen molar-refractivity contribution in [1.82, 2.24) is 34.4 Å². The van der Waals surface area contributed by atoms with E-state index in [2.05, 4.69) is 35.6 Å². The maximum atomic E-state index is 11.9. The van der Waals surface area contributed by atoms with Crippen molar-refractivity contribution < 1.29 is 5.11 Å². The number of amidine groups is 1. The van der Waals surface area contributed by atoms with Crippen molar-refractivity contribution in [3.05, 3.63) is 182 Å². The highest BCUT2D eigenvalue weighted by molar-refractivity contribution is 6.65. The van der Waals surface area contributed by atoms with E-state index in [0.717, 1.165) is 22.4 Å². The fourth-order valence-electron chi connectivity index (χ4n) is 4.40. The predicted molar refractivity (Wildman–Crippen MR) is 236 cm³/mol. The molecule has 0 aliphatic carbocycles. The van der Waals surface area contributed by atoms with Gasteiger partial charge in [0.05, 0.1) is 22.8 Å². The van der Waals surface area contributed by atoms with Gasteiger partial charge in [-0.2, -0.15) is 9.97 Å². The molecule has 58 heavy (non-hydrogen) atoms. The van der Waals surface area contributed by atoms with E-state index in [1.807, 2.05) is 85.8 Å². The van der Waals surface area contributed by atoms with Crippen LogP contribution in [0.1, 0.15) is 16.7 Å². The maximum absolute atomic E-state index is 11.9. The van der Waals surface area contributed by atoms with Gasteiger partial charge in [-0.05, 0) is 70.5 Å². The molecule has 3 aromatic heterocycles. The summed E-state index contributed by atoms with van der Waals surface area (Å²) in [6.07, 6.45) is 4.82. The van der Waals surface area contributed by atoms with Gasteiger partial charge in [-0.3, -0.25) is 9.59 Å². The van der Waals surface area contributed by atoms with E-state index in [4.69, 9.17) is 110 Å². The van der Waals surface area contributed by atoms with Crippen LogP contribution in [0.4, 0.5) is 11.6 Å². The van der Waals surface area contributed by atoms with Crippen molar-refractivity contribution in [2.75, 3.05) is 5.32 Å². The Bertz CT molecular complexity index is 2510. The summed E-state index contributed by atoms with van der Waals surface area (Å²) in [5.41, 5.74) is 2.84. The molecule has 0 saturated carbocycles. The number of anilines is 2. The van der Waals surface area contributed by atoms with E-state index in [1.54, 1.807) is 15.3 Å². The molecule has 12 nitrogen and oxygen atoms in total. The molecule has 1 aliphatic rings. The Labute approximate surface area is 376 Å². The average molecular weight is 966 g/mol. The molecule has 21 heteroatoms. The maximum Gasteiger partial charge on any atom is 0.293 e. The summed E-state index contributed by atoms with van der Waals surface area (Å²) in [4.78, 5) is 41.3. The first-order valence-corrected chi connectivity index (χ1v) is 19.7. The average Bonchev–Trinajstić information content (AvgIpc) is 3.19. The number of hydrogen-bond acceptors (Lipinski definition) is 10. The van der Waals surface area contributed by atoms with Crippen molar-refractivity contribution >= 4 is 121 Å². The minimum absolute atomic E-state index is 0.0698. The fraction of sp³-hybridized carbons (Fsp3) is 0.108. The Kier molecular flexibility index (Phi) is 18.6. The fourth-order valence-corrected chi connectivity index (χ4v) is 5.73. The molecule has 0 radical (unpaired) electrons. The van der Waals surface area contributed by atoms with Crippen molar-refractivity contribution in [3.63, 3.8) is 0 Å². The number of aliphatic hydroxyl groups is 1. The SMILES string of the molecule is Cc1c(Cl)cccc1Nc1nc(=O)c(Cl)cn1Cc1ccccc1.Clc1ncc(Cl)c(Cl)n1.O=c1nc(Cl)n(Cc2ccccc2)cc1Cl.OC1N=C(Cl)NC=C1Cl. The van der Waals surface area contributed by atoms with Crippen LogP contribution in [0.3, 0.4) is 0 Å². The number of rotatable bonds is 6.